The summed E-state index contributed by atoms with van der Waals surface area (Å²) in [4.78, 5) is 11.4. The van der Waals surface area contributed by atoms with E-state index in [-0.39, 0.29) is 40.5 Å². The number of nitrogens with zero attached hydrogens (tertiary/aromatic N) is 1. The lowest BCUT2D eigenvalue weighted by molar-refractivity contribution is 0.0566. The highest BCUT2D eigenvalue weighted by molar-refractivity contribution is 7.86. The first-order chi connectivity index (χ1) is 13.3. The molecule has 0 aliphatic carbocycles. The van der Waals surface area contributed by atoms with Gasteiger partial charge in [-0.3, -0.25) is 4.18 Å². The van der Waals surface area contributed by atoms with Crippen molar-refractivity contribution in [2.45, 2.75) is 17.9 Å². The van der Waals surface area contributed by atoms with Crippen molar-refractivity contribution in [1.82, 2.24) is 5.16 Å². The van der Waals surface area contributed by atoms with Crippen LogP contribution in [0.25, 0.3) is 10.9 Å². The number of carboxylic acids is 1. The van der Waals surface area contributed by atoms with E-state index in [0.29, 0.717) is 5.75 Å². The molecule has 2 heterocycles. The number of fused-ring (bicyclic) bond motifs is 3. The third-order valence-corrected chi connectivity index (χ3v) is 5.48. The monoisotopic (exact) mass is 405 g/mol. The number of carboxylic acid groups (broad SMARTS) is 1. The molecule has 1 N–H and O–H groups in total. The van der Waals surface area contributed by atoms with E-state index in [9.17, 15) is 18.3 Å². The molecule has 1 atom stereocenters. The summed E-state index contributed by atoms with van der Waals surface area (Å²) in [6.45, 7) is 1.58. The summed E-state index contributed by atoms with van der Waals surface area (Å²) in [5, 5.41) is 13.1. The number of aromatic nitrogens is 1. The van der Waals surface area contributed by atoms with Crippen LogP contribution in [0.5, 0.6) is 11.5 Å². The Labute approximate surface area is 159 Å². The van der Waals surface area contributed by atoms with Crippen LogP contribution in [0.2, 0.25) is 0 Å². The molecule has 3 aromatic rings. The van der Waals surface area contributed by atoms with Crippen LogP contribution in [0.3, 0.4) is 0 Å². The van der Waals surface area contributed by atoms with Gasteiger partial charge in [-0.05, 0) is 31.2 Å². The second kappa shape index (κ2) is 6.80. The number of rotatable bonds is 5. The highest BCUT2D eigenvalue weighted by Crippen LogP contribution is 2.40. The van der Waals surface area contributed by atoms with Gasteiger partial charge in [-0.1, -0.05) is 22.9 Å². The van der Waals surface area contributed by atoms with Gasteiger partial charge in [-0.2, -0.15) is 8.42 Å². The maximum Gasteiger partial charge on any atom is 0.375 e. The van der Waals surface area contributed by atoms with E-state index in [1.165, 1.54) is 12.1 Å². The molecule has 0 spiro atoms. The number of aromatic carboxylic acids is 1. The standard InChI is InChI=1S/C18H15NO8S/c1-10-2-4-12(5-3-10)28(22,23)25-9-11-8-24-14-7-6-13-15(16(14)26-11)17(18(20)21)27-19-13/h2-7,11H,8-9H2,1H3,(H,20,21). The molecule has 1 aliphatic heterocycles. The Morgan fingerprint density at radius 3 is 2.71 bits per heavy atom. The van der Waals surface area contributed by atoms with Crippen molar-refractivity contribution in [3.63, 3.8) is 0 Å². The summed E-state index contributed by atoms with van der Waals surface area (Å²) < 4.78 is 45.9. The first-order valence-electron chi connectivity index (χ1n) is 8.26. The van der Waals surface area contributed by atoms with Crippen LogP contribution in [0.4, 0.5) is 0 Å². The summed E-state index contributed by atoms with van der Waals surface area (Å²) in [6, 6.07) is 9.37. The van der Waals surface area contributed by atoms with Crippen LogP contribution in [0.15, 0.2) is 45.8 Å². The maximum absolute atomic E-state index is 12.3. The van der Waals surface area contributed by atoms with Gasteiger partial charge >= 0.3 is 5.97 Å². The molecule has 1 aliphatic rings. The summed E-state index contributed by atoms with van der Waals surface area (Å²) in [5.41, 5.74) is 1.21. The fourth-order valence-corrected chi connectivity index (χ4v) is 3.71. The Bertz CT molecular complexity index is 1150. The Balaban J connectivity index is 1.55. The molecular formula is C18H15NO8S. The highest BCUT2D eigenvalue weighted by atomic mass is 32.2. The van der Waals surface area contributed by atoms with Gasteiger partial charge in [-0.15, -0.1) is 0 Å². The molecule has 0 amide bonds. The molecule has 0 fully saturated rings. The molecule has 0 saturated carbocycles. The van der Waals surface area contributed by atoms with Crippen molar-refractivity contribution < 1.29 is 36.5 Å². The minimum Gasteiger partial charge on any atom is -0.486 e. The van der Waals surface area contributed by atoms with Crippen molar-refractivity contribution in [2.24, 2.45) is 0 Å². The van der Waals surface area contributed by atoms with Crippen LogP contribution in [0, 0.1) is 6.92 Å². The number of hydrogen-bond donors (Lipinski definition) is 1. The molecule has 1 unspecified atom stereocenters. The van der Waals surface area contributed by atoms with Crippen LogP contribution < -0.4 is 9.47 Å². The lowest BCUT2D eigenvalue weighted by Gasteiger charge is -2.26. The normalized spacial score (nSPS) is 16.2. The van der Waals surface area contributed by atoms with Crippen LogP contribution in [-0.4, -0.2) is 44.0 Å². The van der Waals surface area contributed by atoms with E-state index in [1.54, 1.807) is 24.3 Å². The van der Waals surface area contributed by atoms with Gasteiger partial charge in [0.1, 0.15) is 24.1 Å². The number of hydrogen-bond acceptors (Lipinski definition) is 8. The van der Waals surface area contributed by atoms with E-state index in [4.69, 9.17) is 18.2 Å². The third kappa shape index (κ3) is 3.27. The lowest BCUT2D eigenvalue weighted by Crippen LogP contribution is -2.34. The molecule has 0 saturated heterocycles. The smallest absolute Gasteiger partial charge is 0.375 e. The van der Waals surface area contributed by atoms with Crippen molar-refractivity contribution in [1.29, 1.82) is 0 Å². The predicted molar refractivity (Wildman–Crippen MR) is 95.2 cm³/mol. The summed E-state index contributed by atoms with van der Waals surface area (Å²) in [5.74, 6) is -1.25. The van der Waals surface area contributed by atoms with Gasteiger partial charge in [0.05, 0.1) is 4.90 Å². The largest absolute Gasteiger partial charge is 0.486 e. The van der Waals surface area contributed by atoms with E-state index in [1.807, 2.05) is 6.92 Å². The molecule has 0 radical (unpaired) electrons. The second-order valence-electron chi connectivity index (χ2n) is 6.21. The average Bonchev–Trinajstić information content (AvgIpc) is 3.11. The van der Waals surface area contributed by atoms with Crippen molar-refractivity contribution >= 4 is 27.0 Å². The van der Waals surface area contributed by atoms with Gasteiger partial charge in [0.25, 0.3) is 15.9 Å². The fraction of sp³-hybridized carbons (Fsp3) is 0.222. The Morgan fingerprint density at radius 1 is 1.25 bits per heavy atom. The molecule has 146 valence electrons. The molecular weight excluding hydrogens is 390 g/mol. The first kappa shape index (κ1) is 18.3. The molecule has 10 heteroatoms. The van der Waals surface area contributed by atoms with E-state index < -0.39 is 22.2 Å². The Morgan fingerprint density at radius 2 is 2.00 bits per heavy atom. The Kier molecular flexibility index (Phi) is 4.44. The molecule has 9 nitrogen and oxygen atoms in total. The molecule has 28 heavy (non-hydrogen) atoms. The zero-order valence-corrected chi connectivity index (χ0v) is 15.4. The van der Waals surface area contributed by atoms with Gasteiger partial charge in [0, 0.05) is 0 Å². The molecule has 0 bridgehead atoms. The maximum atomic E-state index is 12.3. The summed E-state index contributed by atoms with van der Waals surface area (Å²) >= 11 is 0. The first-order valence-corrected chi connectivity index (χ1v) is 9.67. The van der Waals surface area contributed by atoms with Crippen LogP contribution in [0.1, 0.15) is 16.1 Å². The van der Waals surface area contributed by atoms with Gasteiger partial charge < -0.3 is 19.1 Å². The fourth-order valence-electron chi connectivity index (χ4n) is 2.77. The quantitative estimate of drug-likeness (QED) is 0.637. The predicted octanol–water partition coefficient (Wildman–Crippen LogP) is 2.38. The SMILES string of the molecule is Cc1ccc(S(=O)(=O)OCC2COc3ccc4noc(C(=O)O)c4c3O2)cc1. The van der Waals surface area contributed by atoms with Crippen LogP contribution >= 0.6 is 0 Å². The van der Waals surface area contributed by atoms with Crippen molar-refractivity contribution in [3.8, 4) is 11.5 Å². The van der Waals surface area contributed by atoms with Gasteiger partial charge in [0.2, 0.25) is 0 Å². The topological polar surface area (TPSA) is 125 Å². The molecule has 4 rings (SSSR count). The number of benzene rings is 2. The van der Waals surface area contributed by atoms with Gasteiger partial charge in [0.15, 0.2) is 17.6 Å². The zero-order chi connectivity index (χ0) is 19.9. The molecule has 2 aromatic carbocycles. The van der Waals surface area contributed by atoms with Gasteiger partial charge in [-0.25, -0.2) is 4.79 Å². The van der Waals surface area contributed by atoms with E-state index >= 15 is 0 Å². The minimum absolute atomic E-state index is 0.0322. The third-order valence-electron chi connectivity index (χ3n) is 4.18. The zero-order valence-electron chi connectivity index (χ0n) is 14.6. The second-order valence-corrected chi connectivity index (χ2v) is 7.82. The minimum atomic E-state index is -3.97. The Hall–Kier alpha value is -3.11. The summed E-state index contributed by atoms with van der Waals surface area (Å²) in [6.07, 6.45) is -0.769. The number of aryl methyl sites for hydroxylation is 1. The van der Waals surface area contributed by atoms with Crippen molar-refractivity contribution in [3.05, 3.63) is 47.7 Å². The summed E-state index contributed by atoms with van der Waals surface area (Å²) in [7, 11) is -3.97. The van der Waals surface area contributed by atoms with E-state index in [0.717, 1.165) is 5.56 Å². The lowest BCUT2D eigenvalue weighted by atomic mass is 10.1. The number of carbonyl (C=O) groups is 1. The van der Waals surface area contributed by atoms with Crippen LogP contribution in [-0.2, 0) is 14.3 Å². The molecule has 1 aromatic heterocycles. The van der Waals surface area contributed by atoms with Crippen molar-refractivity contribution in [2.75, 3.05) is 13.2 Å². The highest BCUT2D eigenvalue weighted by Gasteiger charge is 2.30. The average molecular weight is 405 g/mol. The van der Waals surface area contributed by atoms with E-state index in [2.05, 4.69) is 5.16 Å². The number of ether oxygens (including phenoxy) is 2.